The van der Waals surface area contributed by atoms with Crippen molar-refractivity contribution < 1.29 is 9.47 Å². The molecule has 0 atom stereocenters. The molecule has 0 bridgehead atoms. The molecule has 5 rings (SSSR count). The van der Waals surface area contributed by atoms with E-state index in [2.05, 4.69) is 40.6 Å². The van der Waals surface area contributed by atoms with Gasteiger partial charge in [-0.05, 0) is 59.7 Å². The van der Waals surface area contributed by atoms with Crippen LogP contribution in [0.4, 0.5) is 0 Å². The van der Waals surface area contributed by atoms with Crippen LogP contribution in [0.25, 0.3) is 0 Å². The van der Waals surface area contributed by atoms with Crippen molar-refractivity contribution >= 4 is 11.3 Å². The van der Waals surface area contributed by atoms with Gasteiger partial charge in [-0.2, -0.15) is 0 Å². The summed E-state index contributed by atoms with van der Waals surface area (Å²) in [5, 5.41) is 2.23. The fourth-order valence-electron chi connectivity index (χ4n) is 4.39. The predicted molar refractivity (Wildman–Crippen MR) is 113 cm³/mol. The molecule has 0 aliphatic carbocycles. The summed E-state index contributed by atoms with van der Waals surface area (Å²) in [6, 6.07) is 20.7. The van der Waals surface area contributed by atoms with E-state index < -0.39 is 0 Å². The van der Waals surface area contributed by atoms with Crippen LogP contribution in [0.1, 0.15) is 28.8 Å². The van der Waals surface area contributed by atoms with E-state index >= 15 is 0 Å². The third-order valence-corrected chi connectivity index (χ3v) is 6.90. The molecule has 2 aliphatic rings. The molecule has 3 nitrogen and oxygen atoms in total. The number of ether oxygens (including phenoxy) is 2. The van der Waals surface area contributed by atoms with E-state index in [1.165, 1.54) is 16.0 Å². The van der Waals surface area contributed by atoms with Gasteiger partial charge >= 0.3 is 0 Å². The summed E-state index contributed by atoms with van der Waals surface area (Å²) in [7, 11) is 0. The number of rotatable bonds is 4. The zero-order valence-electron chi connectivity index (χ0n) is 16.0. The molecule has 0 radical (unpaired) electrons. The number of para-hydroxylation sites is 1. The van der Waals surface area contributed by atoms with Gasteiger partial charge < -0.3 is 9.47 Å². The molecule has 0 N–H and O–H groups in total. The zero-order chi connectivity index (χ0) is 18.8. The van der Waals surface area contributed by atoms with Gasteiger partial charge in [-0.1, -0.05) is 30.3 Å². The number of nitrogens with zero attached hydrogens (tertiary/aromatic N) is 1. The monoisotopic (exact) mass is 391 g/mol. The van der Waals surface area contributed by atoms with Gasteiger partial charge in [0.15, 0.2) is 0 Å². The summed E-state index contributed by atoms with van der Waals surface area (Å²) < 4.78 is 12.2. The van der Waals surface area contributed by atoms with Crippen molar-refractivity contribution in [3.05, 3.63) is 82.0 Å². The van der Waals surface area contributed by atoms with Crippen molar-refractivity contribution in [3.8, 4) is 11.5 Å². The summed E-state index contributed by atoms with van der Waals surface area (Å²) in [4.78, 5) is 4.08. The Balaban J connectivity index is 1.19. The summed E-state index contributed by atoms with van der Waals surface area (Å²) in [6.07, 6.45) is 3.26. The minimum atomic E-state index is -0.0303. The third-order valence-electron chi connectivity index (χ3n) is 5.92. The lowest BCUT2D eigenvalue weighted by atomic mass is 9.82. The van der Waals surface area contributed by atoms with Crippen LogP contribution < -0.4 is 4.74 Å². The summed E-state index contributed by atoms with van der Waals surface area (Å²) in [6.45, 7) is 4.02. The maximum absolute atomic E-state index is 6.33. The molecule has 3 heterocycles. The molecule has 0 unspecified atom stereocenters. The highest BCUT2D eigenvalue weighted by Crippen LogP contribution is 2.43. The average molecular weight is 392 g/mol. The maximum atomic E-state index is 6.33. The van der Waals surface area contributed by atoms with Gasteiger partial charge in [0, 0.05) is 30.9 Å². The van der Waals surface area contributed by atoms with E-state index in [0.29, 0.717) is 0 Å². The number of likely N-dealkylation sites (tertiary alicyclic amines) is 1. The SMILES string of the molecule is c1ccc(Oc2ccc(CN3CCC4(CC3)OCCc3sccc34)cc2)cc1. The number of benzene rings is 2. The lowest BCUT2D eigenvalue weighted by Crippen LogP contribution is -2.45. The van der Waals surface area contributed by atoms with Crippen molar-refractivity contribution in [3.63, 3.8) is 0 Å². The van der Waals surface area contributed by atoms with Crippen LogP contribution in [0.5, 0.6) is 11.5 Å². The molecular formula is C24H25NO2S. The Morgan fingerprint density at radius 2 is 1.68 bits per heavy atom. The molecule has 0 amide bonds. The lowest BCUT2D eigenvalue weighted by molar-refractivity contribution is -0.0980. The number of hydrogen-bond acceptors (Lipinski definition) is 4. The lowest BCUT2D eigenvalue weighted by Gasteiger charge is -2.44. The molecule has 2 aliphatic heterocycles. The van der Waals surface area contributed by atoms with Gasteiger partial charge in [0.25, 0.3) is 0 Å². The summed E-state index contributed by atoms with van der Waals surface area (Å²) in [5.41, 5.74) is 2.76. The van der Waals surface area contributed by atoms with Crippen LogP contribution in [0.15, 0.2) is 66.0 Å². The first-order valence-corrected chi connectivity index (χ1v) is 10.9. The van der Waals surface area contributed by atoms with E-state index in [1.54, 1.807) is 0 Å². The van der Waals surface area contributed by atoms with Crippen molar-refractivity contribution in [1.82, 2.24) is 4.90 Å². The van der Waals surface area contributed by atoms with Gasteiger partial charge in [0.05, 0.1) is 12.2 Å². The molecule has 1 saturated heterocycles. The van der Waals surface area contributed by atoms with E-state index in [4.69, 9.17) is 9.47 Å². The fourth-order valence-corrected chi connectivity index (χ4v) is 5.34. The minimum absolute atomic E-state index is 0.0303. The first-order valence-electron chi connectivity index (χ1n) is 10.1. The zero-order valence-corrected chi connectivity index (χ0v) is 16.8. The van der Waals surface area contributed by atoms with E-state index in [0.717, 1.165) is 57.0 Å². The van der Waals surface area contributed by atoms with Gasteiger partial charge in [0.1, 0.15) is 11.5 Å². The Morgan fingerprint density at radius 3 is 2.46 bits per heavy atom. The van der Waals surface area contributed by atoms with Crippen LogP contribution in [-0.4, -0.2) is 24.6 Å². The summed E-state index contributed by atoms with van der Waals surface area (Å²) >= 11 is 1.89. The average Bonchev–Trinajstić information content (AvgIpc) is 3.23. The molecule has 28 heavy (non-hydrogen) atoms. The van der Waals surface area contributed by atoms with Crippen LogP contribution in [-0.2, 0) is 23.3 Å². The fraction of sp³-hybridized carbons (Fsp3) is 0.333. The Bertz CT molecular complexity index is 911. The molecular weight excluding hydrogens is 366 g/mol. The van der Waals surface area contributed by atoms with Gasteiger partial charge in [-0.15, -0.1) is 11.3 Å². The van der Waals surface area contributed by atoms with E-state index in [-0.39, 0.29) is 5.60 Å². The second-order valence-electron chi connectivity index (χ2n) is 7.69. The van der Waals surface area contributed by atoms with Crippen LogP contribution >= 0.6 is 11.3 Å². The predicted octanol–water partition coefficient (Wildman–Crippen LogP) is 5.60. The Hall–Kier alpha value is -2.14. The first-order chi connectivity index (χ1) is 13.8. The van der Waals surface area contributed by atoms with E-state index in [9.17, 15) is 0 Å². The van der Waals surface area contributed by atoms with Crippen molar-refractivity contribution in [2.75, 3.05) is 19.7 Å². The Morgan fingerprint density at radius 1 is 0.929 bits per heavy atom. The molecule has 3 aromatic rings. The maximum Gasteiger partial charge on any atom is 0.127 e. The van der Waals surface area contributed by atoms with Gasteiger partial charge in [-0.3, -0.25) is 4.90 Å². The third kappa shape index (κ3) is 3.60. The smallest absolute Gasteiger partial charge is 0.127 e. The normalized spacial score (nSPS) is 18.7. The minimum Gasteiger partial charge on any atom is -0.457 e. The highest BCUT2D eigenvalue weighted by molar-refractivity contribution is 7.10. The van der Waals surface area contributed by atoms with Crippen LogP contribution in [0, 0.1) is 0 Å². The van der Waals surface area contributed by atoms with Gasteiger partial charge in [-0.25, -0.2) is 0 Å². The van der Waals surface area contributed by atoms with Crippen LogP contribution in [0.2, 0.25) is 0 Å². The van der Waals surface area contributed by atoms with Crippen molar-refractivity contribution in [2.45, 2.75) is 31.4 Å². The second kappa shape index (κ2) is 7.70. The number of fused-ring (bicyclic) bond motifs is 2. The Labute approximate surface area is 170 Å². The van der Waals surface area contributed by atoms with E-state index in [1.807, 2.05) is 41.7 Å². The molecule has 4 heteroatoms. The van der Waals surface area contributed by atoms with Gasteiger partial charge in [0.2, 0.25) is 0 Å². The second-order valence-corrected chi connectivity index (χ2v) is 8.69. The molecule has 144 valence electrons. The van der Waals surface area contributed by atoms with Crippen molar-refractivity contribution in [1.29, 1.82) is 0 Å². The topological polar surface area (TPSA) is 21.7 Å². The number of hydrogen-bond donors (Lipinski definition) is 0. The molecule has 1 aromatic heterocycles. The molecule has 2 aromatic carbocycles. The molecule has 1 spiro atoms. The Kier molecular flexibility index (Phi) is 4.93. The standard InChI is InChI=1S/C24H25NO2S/c1-2-4-20(5-3-1)27-21-8-6-19(7-9-21)18-25-14-12-24(13-15-25)22-11-17-28-23(22)10-16-26-24/h1-9,11,17H,10,12-16,18H2. The molecule has 0 saturated carbocycles. The summed E-state index contributed by atoms with van der Waals surface area (Å²) in [5.74, 6) is 1.75. The number of piperidine rings is 1. The first kappa shape index (κ1) is 17.9. The molecule has 1 fully saturated rings. The number of thiophene rings is 1. The quantitative estimate of drug-likeness (QED) is 0.577. The van der Waals surface area contributed by atoms with Crippen LogP contribution in [0.3, 0.4) is 0 Å². The highest BCUT2D eigenvalue weighted by Gasteiger charge is 2.41. The largest absolute Gasteiger partial charge is 0.457 e. The van der Waals surface area contributed by atoms with Crippen molar-refractivity contribution in [2.24, 2.45) is 0 Å². The highest BCUT2D eigenvalue weighted by atomic mass is 32.1.